The number of alkyl halides is 3. The molecule has 0 atom stereocenters. The van der Waals surface area contributed by atoms with Crippen molar-refractivity contribution in [1.82, 2.24) is 9.78 Å². The van der Waals surface area contributed by atoms with Gasteiger partial charge in [-0.05, 0) is 18.2 Å². The highest BCUT2D eigenvalue weighted by Gasteiger charge is 2.48. The largest absolute Gasteiger partial charge is 0.501 e. The fraction of sp³-hybridized carbons (Fsp3) is 0.0909. The molecular weight excluding hydrogens is 313 g/mol. The second kappa shape index (κ2) is 4.88. The number of aromatic carboxylic acids is 1. The molecule has 0 aliphatic rings. The Balaban J connectivity index is 2.64. The van der Waals surface area contributed by atoms with E-state index in [0.29, 0.717) is 0 Å². The molecule has 1 heterocycles. The minimum atomic E-state index is -5.57. The minimum Gasteiger partial charge on any atom is -0.476 e. The first-order chi connectivity index (χ1) is 9.64. The molecule has 1 aromatic heterocycles. The molecule has 2 rings (SSSR count). The van der Waals surface area contributed by atoms with E-state index in [9.17, 15) is 26.4 Å². The number of aromatic nitrogens is 2. The van der Waals surface area contributed by atoms with E-state index in [1.54, 1.807) is 0 Å². The number of benzene rings is 1. The highest BCUT2D eigenvalue weighted by Crippen LogP contribution is 2.33. The van der Waals surface area contributed by atoms with Crippen LogP contribution < -0.4 is 0 Å². The van der Waals surface area contributed by atoms with E-state index < -0.39 is 31.9 Å². The number of carboxylic acids is 1. The van der Waals surface area contributed by atoms with Crippen molar-refractivity contribution in [1.29, 1.82) is 0 Å². The van der Waals surface area contributed by atoms with Crippen molar-refractivity contribution in [3.63, 3.8) is 0 Å². The van der Waals surface area contributed by atoms with E-state index in [0.717, 1.165) is 35.1 Å². The van der Waals surface area contributed by atoms with E-state index in [2.05, 4.69) is 5.10 Å². The molecule has 112 valence electrons. The first-order valence-corrected chi connectivity index (χ1v) is 6.82. The van der Waals surface area contributed by atoms with Crippen LogP contribution in [0.3, 0.4) is 0 Å². The Hall–Kier alpha value is -2.36. The third kappa shape index (κ3) is 2.61. The summed E-state index contributed by atoms with van der Waals surface area (Å²) in [7, 11) is -5.57. The Morgan fingerprint density at radius 1 is 1.19 bits per heavy atom. The van der Waals surface area contributed by atoms with Crippen molar-refractivity contribution in [2.45, 2.75) is 10.4 Å². The standard InChI is InChI=1S/C11H7F3N2O4S/c12-11(13,14)21(19,20)9-4-2-1-3-8(9)16-6-5-7(15-16)10(17)18/h1-6H,(H,17,18). The number of nitrogens with zero attached hydrogens (tertiary/aromatic N) is 2. The van der Waals surface area contributed by atoms with Crippen LogP contribution in [0.4, 0.5) is 13.2 Å². The van der Waals surface area contributed by atoms with Crippen molar-refractivity contribution in [2.24, 2.45) is 0 Å². The Morgan fingerprint density at radius 2 is 1.81 bits per heavy atom. The van der Waals surface area contributed by atoms with Gasteiger partial charge < -0.3 is 5.11 Å². The summed E-state index contributed by atoms with van der Waals surface area (Å²) in [6, 6.07) is 5.35. The van der Waals surface area contributed by atoms with Gasteiger partial charge in [-0.25, -0.2) is 17.9 Å². The zero-order valence-corrected chi connectivity index (χ0v) is 10.9. The summed E-state index contributed by atoms with van der Waals surface area (Å²) in [4.78, 5) is 9.71. The fourth-order valence-electron chi connectivity index (χ4n) is 1.57. The molecule has 0 spiro atoms. The first-order valence-electron chi connectivity index (χ1n) is 5.34. The summed E-state index contributed by atoms with van der Waals surface area (Å²) in [6.07, 6.45) is 1.06. The molecule has 1 aromatic carbocycles. The molecule has 0 bridgehead atoms. The second-order valence-corrected chi connectivity index (χ2v) is 5.78. The van der Waals surface area contributed by atoms with Gasteiger partial charge in [-0.1, -0.05) is 12.1 Å². The van der Waals surface area contributed by atoms with Gasteiger partial charge >= 0.3 is 11.5 Å². The van der Waals surface area contributed by atoms with Gasteiger partial charge in [0.25, 0.3) is 9.84 Å². The molecule has 0 aliphatic carbocycles. The maximum Gasteiger partial charge on any atom is 0.501 e. The van der Waals surface area contributed by atoms with Gasteiger partial charge in [0.2, 0.25) is 0 Å². The van der Waals surface area contributed by atoms with Gasteiger partial charge in [0.05, 0.1) is 5.69 Å². The number of carbonyl (C=O) groups is 1. The topological polar surface area (TPSA) is 89.3 Å². The molecule has 1 N–H and O–H groups in total. The average Bonchev–Trinajstić information content (AvgIpc) is 2.87. The number of halogens is 3. The smallest absolute Gasteiger partial charge is 0.476 e. The third-order valence-corrected chi connectivity index (χ3v) is 4.05. The van der Waals surface area contributed by atoms with Gasteiger partial charge in [-0.2, -0.15) is 18.3 Å². The first kappa shape index (κ1) is 15.0. The maximum atomic E-state index is 12.6. The molecule has 21 heavy (non-hydrogen) atoms. The lowest BCUT2D eigenvalue weighted by Gasteiger charge is -2.12. The van der Waals surface area contributed by atoms with Gasteiger partial charge in [0.15, 0.2) is 5.69 Å². The molecule has 0 saturated heterocycles. The minimum absolute atomic E-state index is 0.387. The quantitative estimate of drug-likeness (QED) is 0.932. The van der Waals surface area contributed by atoms with Gasteiger partial charge in [-0.3, -0.25) is 0 Å². The number of para-hydroxylation sites is 1. The number of rotatable bonds is 3. The average molecular weight is 320 g/mol. The van der Waals surface area contributed by atoms with Crippen molar-refractivity contribution < 1.29 is 31.5 Å². The predicted molar refractivity (Wildman–Crippen MR) is 63.8 cm³/mol. The maximum absolute atomic E-state index is 12.6. The van der Waals surface area contributed by atoms with Crippen molar-refractivity contribution in [3.8, 4) is 5.69 Å². The number of carboxylic acid groups (broad SMARTS) is 1. The zero-order valence-electron chi connectivity index (χ0n) is 10.1. The molecule has 6 nitrogen and oxygen atoms in total. The van der Waals surface area contributed by atoms with E-state index in [1.807, 2.05) is 0 Å². The Labute approximate surface area is 116 Å². The van der Waals surface area contributed by atoms with Crippen molar-refractivity contribution in [2.75, 3.05) is 0 Å². The van der Waals surface area contributed by atoms with Crippen molar-refractivity contribution in [3.05, 3.63) is 42.2 Å². The molecule has 0 fully saturated rings. The zero-order chi connectivity index (χ0) is 15.8. The molecule has 0 amide bonds. The molecule has 0 unspecified atom stereocenters. The van der Waals surface area contributed by atoms with E-state index in [4.69, 9.17) is 5.11 Å². The summed E-state index contributed by atoms with van der Waals surface area (Å²) >= 11 is 0. The van der Waals surface area contributed by atoms with Crippen molar-refractivity contribution >= 4 is 15.8 Å². The Bertz CT molecular complexity index is 796. The Kier molecular flexibility index (Phi) is 3.49. The van der Waals surface area contributed by atoms with Crippen LogP contribution in [0.2, 0.25) is 0 Å². The molecule has 10 heteroatoms. The number of hydrogen-bond acceptors (Lipinski definition) is 4. The van der Waals surface area contributed by atoms with Crippen LogP contribution in [0.25, 0.3) is 5.69 Å². The van der Waals surface area contributed by atoms with Crippen LogP contribution in [-0.2, 0) is 9.84 Å². The van der Waals surface area contributed by atoms with E-state index in [1.165, 1.54) is 6.07 Å². The SMILES string of the molecule is O=C(O)c1ccn(-c2ccccc2S(=O)(=O)C(F)(F)F)n1. The normalized spacial score (nSPS) is 12.3. The summed E-state index contributed by atoms with van der Waals surface area (Å²) in [5.74, 6) is -1.38. The summed E-state index contributed by atoms with van der Waals surface area (Å²) < 4.78 is 61.7. The van der Waals surface area contributed by atoms with Gasteiger partial charge in [0.1, 0.15) is 4.90 Å². The summed E-state index contributed by atoms with van der Waals surface area (Å²) in [6.45, 7) is 0. The van der Waals surface area contributed by atoms with Crippen LogP contribution in [0.15, 0.2) is 41.4 Å². The lowest BCUT2D eigenvalue weighted by atomic mass is 10.3. The Morgan fingerprint density at radius 3 is 2.33 bits per heavy atom. The van der Waals surface area contributed by atoms with Crippen LogP contribution in [0, 0.1) is 0 Å². The third-order valence-electron chi connectivity index (χ3n) is 2.51. The molecule has 0 aliphatic heterocycles. The van der Waals surface area contributed by atoms with Crippen LogP contribution in [-0.4, -0.2) is 34.8 Å². The van der Waals surface area contributed by atoms with Crippen LogP contribution in [0.5, 0.6) is 0 Å². The molecule has 2 aromatic rings. The van der Waals surface area contributed by atoms with Gasteiger partial charge in [-0.15, -0.1) is 0 Å². The highest BCUT2D eigenvalue weighted by molar-refractivity contribution is 7.92. The summed E-state index contributed by atoms with van der Waals surface area (Å²) in [5.41, 5.74) is -6.28. The molecule has 0 radical (unpaired) electrons. The lowest BCUT2D eigenvalue weighted by molar-refractivity contribution is -0.0436. The van der Waals surface area contributed by atoms with Crippen LogP contribution in [0.1, 0.15) is 10.5 Å². The lowest BCUT2D eigenvalue weighted by Crippen LogP contribution is -2.24. The number of sulfone groups is 1. The fourth-order valence-corrected chi connectivity index (χ4v) is 2.51. The monoisotopic (exact) mass is 320 g/mol. The van der Waals surface area contributed by atoms with Gasteiger partial charge in [0, 0.05) is 6.20 Å². The molecular formula is C11H7F3N2O4S. The van der Waals surface area contributed by atoms with Crippen LogP contribution >= 0.6 is 0 Å². The molecule has 0 saturated carbocycles. The number of hydrogen-bond donors (Lipinski definition) is 1. The van der Waals surface area contributed by atoms with E-state index in [-0.39, 0.29) is 5.69 Å². The highest BCUT2D eigenvalue weighted by atomic mass is 32.2. The second-order valence-electron chi connectivity index (χ2n) is 3.87. The summed E-state index contributed by atoms with van der Waals surface area (Å²) in [5, 5.41) is 12.3. The van der Waals surface area contributed by atoms with E-state index >= 15 is 0 Å². The predicted octanol–water partition coefficient (Wildman–Crippen LogP) is 1.86.